The number of esters is 1. The first-order valence-corrected chi connectivity index (χ1v) is 5.74. The molecule has 0 atom stereocenters. The first kappa shape index (κ1) is 14.6. The summed E-state index contributed by atoms with van der Waals surface area (Å²) in [7, 11) is 1.21. The maximum atomic E-state index is 13.4. The first-order valence-electron chi connectivity index (χ1n) is 4.95. The standard InChI is InChI=1S/C11H10BrF2NO3/c1-18-9(16)2-3-15-11(17)10-7(13)4-6(12)5-8(10)14/h4-5H,2-3H2,1H3,(H,15,17). The minimum Gasteiger partial charge on any atom is -0.469 e. The molecule has 1 N–H and O–H groups in total. The number of benzene rings is 1. The van der Waals surface area contributed by atoms with Crippen molar-refractivity contribution in [2.45, 2.75) is 6.42 Å². The van der Waals surface area contributed by atoms with Gasteiger partial charge in [0, 0.05) is 11.0 Å². The number of methoxy groups -OCH3 is 1. The lowest BCUT2D eigenvalue weighted by Crippen LogP contribution is -2.28. The van der Waals surface area contributed by atoms with Crippen molar-refractivity contribution in [2.24, 2.45) is 0 Å². The highest BCUT2D eigenvalue weighted by atomic mass is 79.9. The number of hydrogen-bond acceptors (Lipinski definition) is 3. The van der Waals surface area contributed by atoms with Gasteiger partial charge in [-0.2, -0.15) is 0 Å². The van der Waals surface area contributed by atoms with Gasteiger partial charge in [0.25, 0.3) is 5.91 Å². The summed E-state index contributed by atoms with van der Waals surface area (Å²) in [5.74, 6) is -3.39. The van der Waals surface area contributed by atoms with E-state index in [1.807, 2.05) is 0 Å². The smallest absolute Gasteiger partial charge is 0.307 e. The predicted molar refractivity (Wildman–Crippen MR) is 63.0 cm³/mol. The zero-order chi connectivity index (χ0) is 13.7. The molecule has 7 heteroatoms. The maximum absolute atomic E-state index is 13.4. The Labute approximate surface area is 110 Å². The van der Waals surface area contributed by atoms with Gasteiger partial charge < -0.3 is 10.1 Å². The number of carbonyl (C=O) groups excluding carboxylic acids is 2. The fourth-order valence-corrected chi connectivity index (χ4v) is 1.63. The van der Waals surface area contributed by atoms with Crippen molar-refractivity contribution in [3.8, 4) is 0 Å². The van der Waals surface area contributed by atoms with Crippen LogP contribution in [0.2, 0.25) is 0 Å². The van der Waals surface area contributed by atoms with Crippen molar-refractivity contribution < 1.29 is 23.1 Å². The third-order valence-electron chi connectivity index (χ3n) is 2.08. The molecule has 1 aromatic carbocycles. The summed E-state index contributed by atoms with van der Waals surface area (Å²) in [5.41, 5.74) is -0.678. The summed E-state index contributed by atoms with van der Waals surface area (Å²) >= 11 is 2.90. The van der Waals surface area contributed by atoms with Gasteiger partial charge in [0.2, 0.25) is 0 Å². The molecule has 0 saturated heterocycles. The topological polar surface area (TPSA) is 55.4 Å². The van der Waals surface area contributed by atoms with E-state index in [0.29, 0.717) is 0 Å². The van der Waals surface area contributed by atoms with Crippen LogP contribution in [0.1, 0.15) is 16.8 Å². The molecule has 0 aliphatic heterocycles. The molecular weight excluding hydrogens is 312 g/mol. The Morgan fingerprint density at radius 2 is 1.89 bits per heavy atom. The molecule has 1 aromatic rings. The molecule has 18 heavy (non-hydrogen) atoms. The quantitative estimate of drug-likeness (QED) is 0.863. The Hall–Kier alpha value is -1.50. The normalized spacial score (nSPS) is 10.0. The molecule has 0 saturated carbocycles. The van der Waals surface area contributed by atoms with Gasteiger partial charge in [0.1, 0.15) is 17.2 Å². The van der Waals surface area contributed by atoms with Crippen molar-refractivity contribution in [1.29, 1.82) is 0 Å². The van der Waals surface area contributed by atoms with Crippen LogP contribution in [-0.4, -0.2) is 25.5 Å². The van der Waals surface area contributed by atoms with Gasteiger partial charge in [-0.1, -0.05) is 15.9 Å². The van der Waals surface area contributed by atoms with Crippen LogP contribution >= 0.6 is 15.9 Å². The summed E-state index contributed by atoms with van der Waals surface area (Å²) in [6.07, 6.45) is -0.0675. The molecule has 0 aromatic heterocycles. The Kier molecular flexibility index (Phi) is 5.21. The van der Waals surface area contributed by atoms with Crippen LogP contribution < -0.4 is 5.32 Å². The summed E-state index contributed by atoms with van der Waals surface area (Å²) in [4.78, 5) is 22.3. The van der Waals surface area contributed by atoms with Crippen LogP contribution in [0.4, 0.5) is 8.78 Å². The highest BCUT2D eigenvalue weighted by Gasteiger charge is 2.18. The number of ether oxygens (including phenoxy) is 1. The zero-order valence-electron chi connectivity index (χ0n) is 9.43. The van der Waals surface area contributed by atoms with Crippen LogP contribution in [0.5, 0.6) is 0 Å². The second-order valence-electron chi connectivity index (χ2n) is 3.33. The molecule has 0 radical (unpaired) electrons. The van der Waals surface area contributed by atoms with Crippen molar-refractivity contribution in [3.63, 3.8) is 0 Å². The largest absolute Gasteiger partial charge is 0.469 e. The Morgan fingerprint density at radius 1 is 1.33 bits per heavy atom. The van der Waals surface area contributed by atoms with Crippen molar-refractivity contribution in [2.75, 3.05) is 13.7 Å². The molecule has 0 aliphatic rings. The second kappa shape index (κ2) is 6.44. The third kappa shape index (κ3) is 3.76. The van der Waals surface area contributed by atoms with E-state index in [0.717, 1.165) is 12.1 Å². The lowest BCUT2D eigenvalue weighted by Gasteiger charge is -2.07. The molecule has 1 rings (SSSR count). The van der Waals surface area contributed by atoms with Gasteiger partial charge in [0.05, 0.1) is 13.5 Å². The van der Waals surface area contributed by atoms with Crippen molar-refractivity contribution in [1.82, 2.24) is 5.32 Å². The number of carbonyl (C=O) groups is 2. The molecule has 0 heterocycles. The van der Waals surface area contributed by atoms with Gasteiger partial charge in [-0.25, -0.2) is 8.78 Å². The maximum Gasteiger partial charge on any atom is 0.307 e. The van der Waals surface area contributed by atoms with Crippen LogP contribution in [0, 0.1) is 11.6 Å². The van der Waals surface area contributed by atoms with E-state index < -0.39 is 29.1 Å². The fourth-order valence-electron chi connectivity index (χ4n) is 1.23. The number of amides is 1. The van der Waals surface area contributed by atoms with E-state index in [-0.39, 0.29) is 17.4 Å². The molecule has 0 unspecified atom stereocenters. The third-order valence-corrected chi connectivity index (χ3v) is 2.53. The summed E-state index contributed by atoms with van der Waals surface area (Å²) < 4.78 is 31.3. The molecule has 0 spiro atoms. The number of halogens is 3. The van der Waals surface area contributed by atoms with Gasteiger partial charge in [0.15, 0.2) is 0 Å². The molecule has 1 amide bonds. The fraction of sp³-hybridized carbons (Fsp3) is 0.273. The van der Waals surface area contributed by atoms with Crippen LogP contribution in [-0.2, 0) is 9.53 Å². The van der Waals surface area contributed by atoms with E-state index in [9.17, 15) is 18.4 Å². The molecule has 0 bridgehead atoms. The van der Waals surface area contributed by atoms with Gasteiger partial charge in [-0.3, -0.25) is 9.59 Å². The molecule has 0 fully saturated rings. The van der Waals surface area contributed by atoms with Crippen LogP contribution in [0.25, 0.3) is 0 Å². The number of nitrogens with one attached hydrogen (secondary N) is 1. The molecule has 0 aliphatic carbocycles. The minimum absolute atomic E-state index is 0.0551. The molecule has 4 nitrogen and oxygen atoms in total. The zero-order valence-corrected chi connectivity index (χ0v) is 11.0. The first-order chi connectivity index (χ1) is 8.45. The van der Waals surface area contributed by atoms with E-state index >= 15 is 0 Å². The highest BCUT2D eigenvalue weighted by molar-refractivity contribution is 9.10. The van der Waals surface area contributed by atoms with Crippen molar-refractivity contribution in [3.05, 3.63) is 33.8 Å². The SMILES string of the molecule is COC(=O)CCNC(=O)c1c(F)cc(Br)cc1F. The average molecular weight is 322 g/mol. The summed E-state index contributed by atoms with van der Waals surface area (Å²) in [6, 6.07) is 1.97. The lowest BCUT2D eigenvalue weighted by atomic mass is 10.2. The average Bonchev–Trinajstić information content (AvgIpc) is 2.27. The second-order valence-corrected chi connectivity index (χ2v) is 4.24. The Morgan fingerprint density at radius 3 is 2.39 bits per heavy atom. The highest BCUT2D eigenvalue weighted by Crippen LogP contribution is 2.19. The minimum atomic E-state index is -0.975. The van der Waals surface area contributed by atoms with E-state index in [1.165, 1.54) is 7.11 Å². The van der Waals surface area contributed by atoms with E-state index in [1.54, 1.807) is 0 Å². The molecular formula is C11H10BrF2NO3. The van der Waals surface area contributed by atoms with Crippen LogP contribution in [0.15, 0.2) is 16.6 Å². The number of hydrogen-bond donors (Lipinski definition) is 1. The van der Waals surface area contributed by atoms with Crippen LogP contribution in [0.3, 0.4) is 0 Å². The van der Waals surface area contributed by atoms with Gasteiger partial charge in [-0.15, -0.1) is 0 Å². The predicted octanol–water partition coefficient (Wildman–Crippen LogP) is 2.02. The summed E-state index contributed by atoms with van der Waals surface area (Å²) in [6.45, 7) is -0.0551. The van der Waals surface area contributed by atoms with E-state index in [4.69, 9.17) is 0 Å². The molecule has 98 valence electrons. The number of rotatable bonds is 4. The van der Waals surface area contributed by atoms with Crippen molar-refractivity contribution >= 4 is 27.8 Å². The summed E-state index contributed by atoms with van der Waals surface area (Å²) in [5, 5.41) is 2.23. The Bertz CT molecular complexity index is 456. The van der Waals surface area contributed by atoms with E-state index in [2.05, 4.69) is 26.0 Å². The monoisotopic (exact) mass is 321 g/mol. The van der Waals surface area contributed by atoms with Gasteiger partial charge in [-0.05, 0) is 12.1 Å². The van der Waals surface area contributed by atoms with Gasteiger partial charge >= 0.3 is 5.97 Å². The Balaban J connectivity index is 2.70. The lowest BCUT2D eigenvalue weighted by molar-refractivity contribution is -0.140.